The first-order chi connectivity index (χ1) is 11.6. The third-order valence-electron chi connectivity index (χ3n) is 3.96. The average molecular weight is 365 g/mol. The summed E-state index contributed by atoms with van der Waals surface area (Å²) in [4.78, 5) is 23.6. The fourth-order valence-electron chi connectivity index (χ4n) is 2.09. The lowest BCUT2D eigenvalue weighted by Gasteiger charge is -2.29. The maximum Gasteiger partial charge on any atom is 0.320 e. The van der Waals surface area contributed by atoms with Crippen molar-refractivity contribution < 1.29 is 35.1 Å². The lowest BCUT2D eigenvalue weighted by Crippen LogP contribution is -2.49. The molecule has 0 bridgehead atoms. The second kappa shape index (κ2) is 12.0. The van der Waals surface area contributed by atoms with Gasteiger partial charge in [-0.25, -0.2) is 4.79 Å². The quantitative estimate of drug-likeness (QED) is 0.193. The summed E-state index contributed by atoms with van der Waals surface area (Å²) >= 11 is 0. The molecule has 0 aromatic heterocycles. The molecule has 8 N–H and O–H groups in total. The number of aliphatic hydroxyl groups excluding tert-OH is 4. The average Bonchev–Trinajstić information content (AvgIpc) is 2.58. The second-order valence-corrected chi connectivity index (χ2v) is 6.26. The van der Waals surface area contributed by atoms with Crippen LogP contribution in [0.2, 0.25) is 0 Å². The van der Waals surface area contributed by atoms with Crippen molar-refractivity contribution in [2.24, 2.45) is 11.7 Å². The normalized spacial score (nSPS) is 17.2. The van der Waals surface area contributed by atoms with Gasteiger partial charge in [-0.2, -0.15) is 0 Å². The Morgan fingerprint density at radius 3 is 2.28 bits per heavy atom. The first kappa shape index (κ1) is 23.5. The number of nitrogens with zero attached hydrogens (tertiary/aromatic N) is 1. The largest absolute Gasteiger partial charge is 0.480 e. The number of aliphatic hydroxyl groups is 4. The molecule has 0 rings (SSSR count). The Hall–Kier alpha value is -1.46. The number of aliphatic carboxylic acids is 1. The number of likely N-dealkylation sites (N-methyl/N-ethyl adjacent to an activating group) is 1. The van der Waals surface area contributed by atoms with Gasteiger partial charge in [0.2, 0.25) is 0 Å². The summed E-state index contributed by atoms with van der Waals surface area (Å²) < 4.78 is 0. The van der Waals surface area contributed by atoms with Gasteiger partial charge in [0.05, 0.1) is 12.6 Å². The molecule has 0 fully saturated rings. The van der Waals surface area contributed by atoms with E-state index in [2.05, 4.69) is 5.32 Å². The monoisotopic (exact) mass is 365 g/mol. The molecule has 0 unspecified atom stereocenters. The van der Waals surface area contributed by atoms with Crippen molar-refractivity contribution in [1.29, 1.82) is 0 Å². The molecule has 0 aliphatic heterocycles. The predicted molar refractivity (Wildman–Crippen MR) is 89.8 cm³/mol. The fraction of sp³-hybridized carbons (Fsp3) is 0.867. The molecule has 0 spiro atoms. The van der Waals surface area contributed by atoms with Crippen molar-refractivity contribution >= 4 is 12.0 Å². The van der Waals surface area contributed by atoms with Gasteiger partial charge in [-0.05, 0) is 19.3 Å². The third kappa shape index (κ3) is 8.98. The molecule has 5 atom stereocenters. The maximum absolute atomic E-state index is 11.9. The molecule has 10 heteroatoms. The van der Waals surface area contributed by atoms with E-state index in [0.29, 0.717) is 25.8 Å². The minimum absolute atomic E-state index is 0.202. The highest BCUT2D eigenvalue weighted by atomic mass is 16.4. The lowest BCUT2D eigenvalue weighted by atomic mass is 9.97. The Bertz CT molecular complexity index is 411. The topological polar surface area (TPSA) is 177 Å². The van der Waals surface area contributed by atoms with Crippen molar-refractivity contribution in [3.05, 3.63) is 0 Å². The SMILES string of the molecule is C[C@H](CO)[C@@H](O)[C@H](O)[C@@H](O)CN(C)C(=O)NCCCC[C@@H](N)C(=O)O. The number of carbonyl (C=O) groups excluding carboxylic acids is 1. The van der Waals surface area contributed by atoms with Crippen LogP contribution in [-0.2, 0) is 4.79 Å². The zero-order valence-corrected chi connectivity index (χ0v) is 14.7. The first-order valence-electron chi connectivity index (χ1n) is 8.24. The number of nitrogens with two attached hydrogens (primary N) is 1. The highest BCUT2D eigenvalue weighted by molar-refractivity contribution is 5.74. The molecule has 0 radical (unpaired) electrons. The Balaban J connectivity index is 4.10. The van der Waals surface area contributed by atoms with Crippen molar-refractivity contribution in [2.45, 2.75) is 50.5 Å². The Labute approximate surface area is 147 Å². The summed E-state index contributed by atoms with van der Waals surface area (Å²) in [7, 11) is 1.42. The zero-order valence-electron chi connectivity index (χ0n) is 14.7. The molecule has 0 aliphatic carbocycles. The van der Waals surface area contributed by atoms with E-state index in [1.54, 1.807) is 0 Å². The minimum atomic E-state index is -1.49. The summed E-state index contributed by atoms with van der Waals surface area (Å²) in [6.45, 7) is 1.30. The van der Waals surface area contributed by atoms with Crippen molar-refractivity contribution in [2.75, 3.05) is 26.7 Å². The molecule has 10 nitrogen and oxygen atoms in total. The van der Waals surface area contributed by atoms with Crippen LogP contribution in [0.3, 0.4) is 0 Å². The van der Waals surface area contributed by atoms with Gasteiger partial charge < -0.3 is 41.5 Å². The number of unbranched alkanes of at least 4 members (excludes halogenated alkanes) is 1. The molecular weight excluding hydrogens is 334 g/mol. The second-order valence-electron chi connectivity index (χ2n) is 6.26. The van der Waals surface area contributed by atoms with E-state index in [-0.39, 0.29) is 13.2 Å². The maximum atomic E-state index is 11.9. The van der Waals surface area contributed by atoms with E-state index in [4.69, 9.17) is 15.9 Å². The van der Waals surface area contributed by atoms with Crippen LogP contribution in [0.4, 0.5) is 4.79 Å². The number of amides is 2. The number of carboxylic acid groups (broad SMARTS) is 1. The lowest BCUT2D eigenvalue weighted by molar-refractivity contribution is -0.138. The smallest absolute Gasteiger partial charge is 0.320 e. The number of rotatable bonds is 12. The van der Waals surface area contributed by atoms with Crippen LogP contribution in [0, 0.1) is 5.92 Å². The Morgan fingerprint density at radius 1 is 1.16 bits per heavy atom. The van der Waals surface area contributed by atoms with E-state index in [0.717, 1.165) is 4.90 Å². The van der Waals surface area contributed by atoms with Crippen LogP contribution in [0.1, 0.15) is 26.2 Å². The molecule has 0 heterocycles. The molecule has 148 valence electrons. The molecule has 0 aromatic carbocycles. The van der Waals surface area contributed by atoms with Crippen LogP contribution in [-0.4, -0.2) is 93.5 Å². The third-order valence-corrected chi connectivity index (χ3v) is 3.96. The van der Waals surface area contributed by atoms with Crippen LogP contribution in [0.15, 0.2) is 0 Å². The van der Waals surface area contributed by atoms with E-state index in [1.165, 1.54) is 14.0 Å². The van der Waals surface area contributed by atoms with Gasteiger partial charge in [0.15, 0.2) is 0 Å². The standard InChI is InChI=1S/C15H31N3O7/c1-9(8-19)12(21)13(22)11(20)7-18(2)15(25)17-6-4-3-5-10(16)14(23)24/h9-13,19-22H,3-8,16H2,1-2H3,(H,17,25)(H,23,24)/t9-,10-,11+,12-,13-/m1/s1. The van der Waals surface area contributed by atoms with E-state index >= 15 is 0 Å². The summed E-state index contributed by atoms with van der Waals surface area (Å²) in [6, 6.07) is -1.39. The highest BCUT2D eigenvalue weighted by Gasteiger charge is 2.30. The van der Waals surface area contributed by atoms with E-state index in [1.807, 2.05) is 0 Å². The van der Waals surface area contributed by atoms with E-state index in [9.17, 15) is 24.9 Å². The van der Waals surface area contributed by atoms with Gasteiger partial charge in [0.25, 0.3) is 0 Å². The van der Waals surface area contributed by atoms with Gasteiger partial charge >= 0.3 is 12.0 Å². The highest BCUT2D eigenvalue weighted by Crippen LogP contribution is 2.11. The number of carbonyl (C=O) groups is 2. The molecule has 25 heavy (non-hydrogen) atoms. The summed E-state index contributed by atoms with van der Waals surface area (Å²) in [5.74, 6) is -1.67. The number of carboxylic acids is 1. The number of hydrogen-bond acceptors (Lipinski definition) is 7. The number of hydrogen-bond donors (Lipinski definition) is 7. The van der Waals surface area contributed by atoms with Gasteiger partial charge in [-0.15, -0.1) is 0 Å². The van der Waals surface area contributed by atoms with Crippen molar-refractivity contribution in [3.8, 4) is 0 Å². The zero-order chi connectivity index (χ0) is 19.6. The summed E-state index contributed by atoms with van der Waals surface area (Å²) in [5.41, 5.74) is 5.36. The van der Waals surface area contributed by atoms with Crippen LogP contribution >= 0.6 is 0 Å². The molecule has 0 aromatic rings. The summed E-state index contributed by atoms with van der Waals surface area (Å²) in [6.07, 6.45) is -2.76. The van der Waals surface area contributed by atoms with Gasteiger partial charge in [-0.1, -0.05) is 6.92 Å². The Morgan fingerprint density at radius 2 is 1.76 bits per heavy atom. The van der Waals surface area contributed by atoms with Crippen LogP contribution in [0.5, 0.6) is 0 Å². The molecule has 2 amide bonds. The molecular formula is C15H31N3O7. The minimum Gasteiger partial charge on any atom is -0.480 e. The van der Waals surface area contributed by atoms with Crippen molar-refractivity contribution in [1.82, 2.24) is 10.2 Å². The first-order valence-corrected chi connectivity index (χ1v) is 8.24. The van der Waals surface area contributed by atoms with E-state index < -0.39 is 42.3 Å². The van der Waals surface area contributed by atoms with Gasteiger partial charge in [0, 0.05) is 26.1 Å². The number of urea groups is 1. The van der Waals surface area contributed by atoms with Crippen molar-refractivity contribution in [3.63, 3.8) is 0 Å². The van der Waals surface area contributed by atoms with Gasteiger partial charge in [0.1, 0.15) is 18.2 Å². The van der Waals surface area contributed by atoms with Crippen LogP contribution in [0.25, 0.3) is 0 Å². The predicted octanol–water partition coefficient (Wildman–Crippen LogP) is -2.08. The molecule has 0 saturated heterocycles. The summed E-state index contributed by atoms with van der Waals surface area (Å²) in [5, 5.41) is 49.7. The number of nitrogens with one attached hydrogen (secondary N) is 1. The van der Waals surface area contributed by atoms with Crippen LogP contribution < -0.4 is 11.1 Å². The Kier molecular flexibility index (Phi) is 11.3. The molecule has 0 saturated carbocycles. The van der Waals surface area contributed by atoms with Gasteiger partial charge in [-0.3, -0.25) is 4.79 Å². The molecule has 0 aliphatic rings. The fourth-order valence-corrected chi connectivity index (χ4v) is 2.09.